The standard InChI is InChI=1S/C48H35N3OS/c1-2-13-31(14-3-1)46-37-17-6-9-19-40(37)49-48(50-46)39-26-27-41(47-45(39)38-18-7-10-20-42(38)52-47)51(33-23-22-30-12-4-5-15-32(30)28-33)34-24-25-36-35-16-8-11-21-43(35)53-44(36)29-34/h1-7,9-15,17-29,46,48-50H,8,16H2. The zero-order valence-corrected chi connectivity index (χ0v) is 29.7. The van der Waals surface area contributed by atoms with E-state index < -0.39 is 0 Å². The van der Waals surface area contributed by atoms with Crippen molar-refractivity contribution in [2.75, 3.05) is 10.2 Å². The quantitative estimate of drug-likeness (QED) is 0.187. The maximum absolute atomic E-state index is 6.96. The van der Waals surface area contributed by atoms with Crippen LogP contribution >= 0.6 is 11.3 Å². The van der Waals surface area contributed by atoms with Crippen molar-refractivity contribution in [1.29, 1.82) is 0 Å². The van der Waals surface area contributed by atoms with Crippen molar-refractivity contribution in [3.63, 3.8) is 0 Å². The van der Waals surface area contributed by atoms with E-state index >= 15 is 0 Å². The molecule has 0 bridgehead atoms. The Balaban J connectivity index is 1.13. The maximum atomic E-state index is 6.96. The van der Waals surface area contributed by atoms with E-state index in [0.717, 1.165) is 63.1 Å². The number of nitrogens with zero attached hydrogens (tertiary/aromatic N) is 1. The van der Waals surface area contributed by atoms with Gasteiger partial charge in [0.05, 0.1) is 11.7 Å². The van der Waals surface area contributed by atoms with E-state index in [1.165, 1.54) is 42.4 Å². The average molecular weight is 702 g/mol. The average Bonchev–Trinajstić information content (AvgIpc) is 3.80. The van der Waals surface area contributed by atoms with Crippen LogP contribution in [0, 0.1) is 0 Å². The monoisotopic (exact) mass is 701 g/mol. The zero-order valence-electron chi connectivity index (χ0n) is 28.9. The Kier molecular flexibility index (Phi) is 7.04. The molecular weight excluding hydrogens is 667 g/mol. The molecule has 9 aromatic rings. The second kappa shape index (κ2) is 12.2. The normalized spacial score (nSPS) is 16.5. The molecule has 0 radical (unpaired) electrons. The minimum absolute atomic E-state index is 0.0267. The third-order valence-electron chi connectivity index (χ3n) is 11.0. The van der Waals surface area contributed by atoms with Crippen LogP contribution in [0.2, 0.25) is 0 Å². The van der Waals surface area contributed by atoms with Crippen LogP contribution in [0.25, 0.3) is 48.9 Å². The minimum Gasteiger partial charge on any atom is -0.454 e. The molecule has 3 heterocycles. The van der Waals surface area contributed by atoms with E-state index in [1.807, 2.05) is 11.3 Å². The summed E-state index contributed by atoms with van der Waals surface area (Å²) in [5.74, 6) is 0. The van der Waals surface area contributed by atoms with Gasteiger partial charge in [-0.1, -0.05) is 115 Å². The molecule has 5 heteroatoms. The fourth-order valence-corrected chi connectivity index (χ4v) is 9.75. The van der Waals surface area contributed by atoms with Gasteiger partial charge in [-0.05, 0) is 94.2 Å². The minimum atomic E-state index is -0.163. The lowest BCUT2D eigenvalue weighted by atomic mass is 9.92. The summed E-state index contributed by atoms with van der Waals surface area (Å²) in [5, 5.41) is 13.9. The van der Waals surface area contributed by atoms with Gasteiger partial charge in [0.1, 0.15) is 11.7 Å². The van der Waals surface area contributed by atoms with Gasteiger partial charge in [0.2, 0.25) is 0 Å². The molecule has 2 aromatic heterocycles. The van der Waals surface area contributed by atoms with E-state index in [4.69, 9.17) is 4.42 Å². The maximum Gasteiger partial charge on any atom is 0.159 e. The number of hydrogen-bond donors (Lipinski definition) is 2. The molecule has 11 rings (SSSR count). The van der Waals surface area contributed by atoms with Crippen LogP contribution in [0.1, 0.15) is 45.8 Å². The van der Waals surface area contributed by atoms with Crippen LogP contribution in [-0.2, 0) is 6.42 Å². The molecule has 1 aliphatic carbocycles. The summed E-state index contributed by atoms with van der Waals surface area (Å²) < 4.78 is 8.27. The topological polar surface area (TPSA) is 40.4 Å². The number of benzene rings is 7. The van der Waals surface area contributed by atoms with E-state index in [9.17, 15) is 0 Å². The van der Waals surface area contributed by atoms with Crippen LogP contribution in [0.4, 0.5) is 22.7 Å². The predicted octanol–water partition coefficient (Wildman–Crippen LogP) is 13.2. The first kappa shape index (κ1) is 30.5. The number of fused-ring (bicyclic) bond motifs is 8. The van der Waals surface area contributed by atoms with E-state index in [-0.39, 0.29) is 12.2 Å². The second-order valence-electron chi connectivity index (χ2n) is 14.1. The summed E-state index contributed by atoms with van der Waals surface area (Å²) in [4.78, 5) is 3.77. The molecule has 0 saturated heterocycles. The molecular formula is C48H35N3OS. The van der Waals surface area contributed by atoms with Gasteiger partial charge in [0.25, 0.3) is 0 Å². The summed E-state index contributed by atoms with van der Waals surface area (Å²) in [7, 11) is 0. The first-order valence-corrected chi connectivity index (χ1v) is 19.2. The molecule has 0 saturated carbocycles. The molecule has 0 fully saturated rings. The second-order valence-corrected chi connectivity index (χ2v) is 15.2. The smallest absolute Gasteiger partial charge is 0.159 e. The van der Waals surface area contributed by atoms with E-state index in [0.29, 0.717) is 0 Å². The lowest BCUT2D eigenvalue weighted by Gasteiger charge is -2.36. The third-order valence-corrected chi connectivity index (χ3v) is 12.2. The molecule has 53 heavy (non-hydrogen) atoms. The number of rotatable bonds is 5. The molecule has 0 amide bonds. The Labute approximate surface area is 311 Å². The van der Waals surface area contributed by atoms with Crippen LogP contribution < -0.4 is 15.5 Å². The van der Waals surface area contributed by atoms with Gasteiger partial charge in [-0.3, -0.25) is 5.32 Å². The van der Waals surface area contributed by atoms with Crippen molar-refractivity contribution in [3.05, 3.63) is 185 Å². The number of nitrogens with one attached hydrogen (secondary N) is 2. The van der Waals surface area contributed by atoms with Crippen LogP contribution in [-0.4, -0.2) is 0 Å². The summed E-state index contributed by atoms with van der Waals surface area (Å²) in [5.41, 5.74) is 11.2. The number of thiophene rings is 1. The highest BCUT2D eigenvalue weighted by Gasteiger charge is 2.31. The van der Waals surface area contributed by atoms with E-state index in [2.05, 4.69) is 179 Å². The van der Waals surface area contributed by atoms with Crippen molar-refractivity contribution < 1.29 is 4.42 Å². The van der Waals surface area contributed by atoms with Crippen LogP contribution in [0.3, 0.4) is 0 Å². The summed E-state index contributed by atoms with van der Waals surface area (Å²) in [6.07, 6.45) is 6.64. The number of furan rings is 1. The number of aryl methyl sites for hydroxylation is 1. The molecule has 2 aliphatic rings. The number of allylic oxidation sites excluding steroid dienone is 1. The highest BCUT2D eigenvalue weighted by molar-refractivity contribution is 7.20. The number of hydrogen-bond acceptors (Lipinski definition) is 5. The Morgan fingerprint density at radius 1 is 0.660 bits per heavy atom. The lowest BCUT2D eigenvalue weighted by Crippen LogP contribution is -2.37. The van der Waals surface area contributed by atoms with Gasteiger partial charge >= 0.3 is 0 Å². The zero-order chi connectivity index (χ0) is 34.9. The first-order chi connectivity index (χ1) is 26.3. The Hall–Kier alpha value is -6.14. The fraction of sp³-hybridized carbons (Fsp3) is 0.0833. The van der Waals surface area contributed by atoms with Gasteiger partial charge in [-0.2, -0.15) is 0 Å². The highest BCUT2D eigenvalue weighted by atomic mass is 32.1. The molecule has 1 aliphatic heterocycles. The van der Waals surface area contributed by atoms with Crippen molar-refractivity contribution in [2.24, 2.45) is 0 Å². The molecule has 2 atom stereocenters. The molecule has 2 unspecified atom stereocenters. The SMILES string of the molecule is C1=Cc2sc3cc(N(c4ccc5ccccc5c4)c4ccc(C5Nc6ccccc6C(c6ccccc6)N5)c5c4oc4ccccc45)ccc3c2CC1. The van der Waals surface area contributed by atoms with Crippen molar-refractivity contribution in [1.82, 2.24) is 5.32 Å². The van der Waals surface area contributed by atoms with Crippen molar-refractivity contribution in [3.8, 4) is 0 Å². The first-order valence-electron chi connectivity index (χ1n) is 18.4. The van der Waals surface area contributed by atoms with Gasteiger partial charge in [0.15, 0.2) is 5.58 Å². The predicted molar refractivity (Wildman–Crippen MR) is 223 cm³/mol. The van der Waals surface area contributed by atoms with E-state index in [1.54, 1.807) is 0 Å². The molecule has 7 aromatic carbocycles. The molecule has 4 nitrogen and oxygen atoms in total. The van der Waals surface area contributed by atoms with Gasteiger partial charge < -0.3 is 14.6 Å². The molecule has 2 N–H and O–H groups in total. The summed E-state index contributed by atoms with van der Waals surface area (Å²) in [6, 6.07) is 54.7. The summed E-state index contributed by atoms with van der Waals surface area (Å²) in [6.45, 7) is 0. The number of para-hydroxylation sites is 2. The highest BCUT2D eigenvalue weighted by Crippen LogP contribution is 2.48. The molecule has 254 valence electrons. The van der Waals surface area contributed by atoms with Gasteiger partial charge in [-0.25, -0.2) is 0 Å². The van der Waals surface area contributed by atoms with Crippen LogP contribution in [0.5, 0.6) is 0 Å². The number of anilines is 4. The fourth-order valence-electron chi connectivity index (χ4n) is 8.53. The summed E-state index contributed by atoms with van der Waals surface area (Å²) >= 11 is 1.89. The van der Waals surface area contributed by atoms with Gasteiger partial charge in [0, 0.05) is 43.0 Å². The Bertz CT molecular complexity index is 2890. The van der Waals surface area contributed by atoms with Crippen LogP contribution in [0.15, 0.2) is 162 Å². The third kappa shape index (κ3) is 5.00. The lowest BCUT2D eigenvalue weighted by molar-refractivity contribution is 0.508. The Morgan fingerprint density at radius 2 is 1.45 bits per heavy atom. The van der Waals surface area contributed by atoms with Crippen molar-refractivity contribution in [2.45, 2.75) is 25.0 Å². The largest absolute Gasteiger partial charge is 0.454 e. The van der Waals surface area contributed by atoms with Gasteiger partial charge in [-0.15, -0.1) is 11.3 Å². The Morgan fingerprint density at radius 3 is 2.40 bits per heavy atom. The molecule has 0 spiro atoms. The van der Waals surface area contributed by atoms with Crippen molar-refractivity contribution >= 4 is 83.0 Å².